The Bertz CT molecular complexity index is 478. The Balaban J connectivity index is 2.44. The van der Waals surface area contributed by atoms with Gasteiger partial charge in [-0.05, 0) is 12.3 Å². The Kier molecular flexibility index (Phi) is 4.66. The summed E-state index contributed by atoms with van der Waals surface area (Å²) >= 11 is 0. The van der Waals surface area contributed by atoms with E-state index in [0.29, 0.717) is 25.0 Å². The molecule has 3 N–H and O–H groups in total. The van der Waals surface area contributed by atoms with Gasteiger partial charge in [-0.2, -0.15) is 4.99 Å². The summed E-state index contributed by atoms with van der Waals surface area (Å²) < 4.78 is 4.65. The number of aliphatic hydroxyl groups excluding tert-OH is 1. The molecule has 2 aliphatic rings. The largest absolute Gasteiger partial charge is 0.625 e. The van der Waals surface area contributed by atoms with Crippen molar-refractivity contribution in [2.24, 2.45) is 10.9 Å². The first-order valence-electron chi connectivity index (χ1n) is 6.85. The Morgan fingerprint density at radius 2 is 2.33 bits per heavy atom. The molecule has 1 fully saturated rings. The van der Waals surface area contributed by atoms with Crippen LogP contribution in [0.15, 0.2) is 16.6 Å². The van der Waals surface area contributed by atoms with E-state index in [1.807, 2.05) is 0 Å². The summed E-state index contributed by atoms with van der Waals surface area (Å²) in [6.07, 6.45) is 0.954. The lowest BCUT2D eigenvalue weighted by Gasteiger charge is -2.41. The highest BCUT2D eigenvalue weighted by atomic mass is 16.6. The zero-order valence-electron chi connectivity index (χ0n) is 12.4. The van der Waals surface area contributed by atoms with Gasteiger partial charge in [0.2, 0.25) is 5.96 Å². The maximum atomic E-state index is 12.0. The summed E-state index contributed by atoms with van der Waals surface area (Å²) in [5.41, 5.74) is 2.64. The van der Waals surface area contributed by atoms with Crippen LogP contribution in [0, 0.1) is 11.1 Å². The highest BCUT2D eigenvalue weighted by Gasteiger charge is 2.37. The van der Waals surface area contributed by atoms with Crippen LogP contribution in [0.2, 0.25) is 0 Å². The van der Waals surface area contributed by atoms with E-state index in [2.05, 4.69) is 22.1 Å². The maximum Gasteiger partial charge on any atom is 0.371 e. The number of quaternary nitrogens is 1. The molecule has 2 aliphatic heterocycles. The molecule has 0 bridgehead atoms. The average Bonchev–Trinajstić information content (AvgIpc) is 2.62. The van der Waals surface area contributed by atoms with Crippen molar-refractivity contribution in [1.82, 2.24) is 15.3 Å². The van der Waals surface area contributed by atoms with Crippen molar-refractivity contribution < 1.29 is 19.7 Å². The number of amides is 1. The molecule has 2 atom stereocenters. The minimum atomic E-state index is -0.833. The monoisotopic (exact) mass is 299 g/mol. The second-order valence-corrected chi connectivity index (χ2v) is 5.01. The maximum absolute atomic E-state index is 12.0. The van der Waals surface area contributed by atoms with Crippen LogP contribution in [-0.4, -0.2) is 60.8 Å². The molecule has 1 amide bonds. The molecular formula is C12H21N5O4. The van der Waals surface area contributed by atoms with Crippen LogP contribution in [0.25, 0.3) is 0 Å². The third-order valence-electron chi connectivity index (χ3n) is 3.70. The van der Waals surface area contributed by atoms with Crippen molar-refractivity contribution in [3.63, 3.8) is 0 Å². The number of fused-ring (bicyclic) bond motifs is 1. The number of hydroxylamine groups is 2. The van der Waals surface area contributed by atoms with Crippen molar-refractivity contribution in [3.8, 4) is 0 Å². The Morgan fingerprint density at radius 1 is 1.62 bits per heavy atom. The highest BCUT2D eigenvalue weighted by molar-refractivity contribution is 5.93. The van der Waals surface area contributed by atoms with Crippen molar-refractivity contribution in [3.05, 3.63) is 16.8 Å². The minimum Gasteiger partial charge on any atom is -0.625 e. The quantitative estimate of drug-likeness (QED) is 0.326. The second kappa shape index (κ2) is 6.29. The molecule has 0 radical (unpaired) electrons. The van der Waals surface area contributed by atoms with Crippen LogP contribution >= 0.6 is 0 Å². The van der Waals surface area contributed by atoms with Gasteiger partial charge in [0, 0.05) is 20.1 Å². The van der Waals surface area contributed by atoms with E-state index in [9.17, 15) is 15.1 Å². The van der Waals surface area contributed by atoms with Crippen LogP contribution < -0.4 is 10.5 Å². The fourth-order valence-electron chi connectivity index (χ4n) is 2.45. The topological polar surface area (TPSA) is 105 Å². The number of rotatable bonds is 3. The normalized spacial score (nSPS) is 28.8. The van der Waals surface area contributed by atoms with Gasteiger partial charge in [0.15, 0.2) is 6.67 Å². The zero-order chi connectivity index (χ0) is 15.6. The summed E-state index contributed by atoms with van der Waals surface area (Å²) in [6, 6.07) is 0. The van der Waals surface area contributed by atoms with Gasteiger partial charge in [0.1, 0.15) is 0 Å². The Hall–Kier alpha value is -1.84. The summed E-state index contributed by atoms with van der Waals surface area (Å²) in [7, 11) is 2.96. The number of aliphatic hydroxyl groups is 1. The van der Waals surface area contributed by atoms with Gasteiger partial charge in [-0.25, -0.2) is 10.2 Å². The van der Waals surface area contributed by atoms with E-state index in [0.717, 1.165) is 6.42 Å². The lowest BCUT2D eigenvalue weighted by Crippen LogP contribution is -3.11. The summed E-state index contributed by atoms with van der Waals surface area (Å²) in [5.74, 6) is -0.669. The number of hydrazine groups is 1. The van der Waals surface area contributed by atoms with E-state index in [1.54, 1.807) is 17.0 Å². The molecule has 9 nitrogen and oxygen atoms in total. The van der Waals surface area contributed by atoms with E-state index >= 15 is 0 Å². The first-order valence-corrected chi connectivity index (χ1v) is 6.85. The van der Waals surface area contributed by atoms with Gasteiger partial charge in [-0.1, -0.05) is 6.92 Å². The number of methoxy groups -OCH3 is 1. The Labute approximate surface area is 123 Å². The zero-order valence-corrected chi connectivity index (χ0v) is 12.4. The number of nitrogens with one attached hydrogen (secondary N) is 2. The Morgan fingerprint density at radius 3 is 2.90 bits per heavy atom. The third kappa shape index (κ3) is 2.94. The molecule has 0 aromatic rings. The van der Waals surface area contributed by atoms with Crippen LogP contribution in [0.5, 0.6) is 0 Å². The number of nitrogens with zero attached hydrogens (tertiary/aromatic N) is 3. The molecule has 0 aromatic heterocycles. The molecule has 2 rings (SSSR count). The van der Waals surface area contributed by atoms with Crippen molar-refractivity contribution in [2.45, 2.75) is 13.3 Å². The number of guanidine groups is 1. The molecule has 9 heteroatoms. The van der Waals surface area contributed by atoms with Crippen LogP contribution in [0.4, 0.5) is 0 Å². The van der Waals surface area contributed by atoms with Gasteiger partial charge < -0.3 is 15.1 Å². The second-order valence-electron chi connectivity index (χ2n) is 5.01. The van der Waals surface area contributed by atoms with E-state index in [4.69, 9.17) is 0 Å². The smallest absolute Gasteiger partial charge is 0.371 e. The molecule has 0 saturated carbocycles. The fourth-order valence-corrected chi connectivity index (χ4v) is 2.45. The first-order chi connectivity index (χ1) is 10.0. The van der Waals surface area contributed by atoms with Gasteiger partial charge in [-0.15, -0.1) is 0 Å². The summed E-state index contributed by atoms with van der Waals surface area (Å²) in [5, 5.41) is 22.8. The van der Waals surface area contributed by atoms with Gasteiger partial charge in [-0.3, -0.25) is 15.0 Å². The van der Waals surface area contributed by atoms with Gasteiger partial charge >= 0.3 is 11.9 Å². The molecule has 2 heterocycles. The summed E-state index contributed by atoms with van der Waals surface area (Å²) in [4.78, 5) is 17.9. The van der Waals surface area contributed by atoms with Crippen LogP contribution in [-0.2, 0) is 9.53 Å². The molecule has 0 aromatic carbocycles. The van der Waals surface area contributed by atoms with Crippen molar-refractivity contribution in [2.75, 3.05) is 33.9 Å². The SMILES string of the molecule is CCC1CN2C[NH+]([O-])C(=O)C(=C(O)OC)N=C2N(NC)C1. The number of carbonyl (C=O) groups excluding carboxylic acids is 1. The van der Waals surface area contributed by atoms with Crippen LogP contribution in [0.1, 0.15) is 13.3 Å². The molecule has 0 aliphatic carbocycles. The van der Waals surface area contributed by atoms with Crippen LogP contribution in [0.3, 0.4) is 0 Å². The molecule has 0 spiro atoms. The van der Waals surface area contributed by atoms with Gasteiger partial charge in [0.05, 0.1) is 7.11 Å². The molecule has 21 heavy (non-hydrogen) atoms. The van der Waals surface area contributed by atoms with Gasteiger partial charge in [0.25, 0.3) is 5.70 Å². The predicted molar refractivity (Wildman–Crippen MR) is 74.6 cm³/mol. The third-order valence-corrected chi connectivity index (χ3v) is 3.70. The lowest BCUT2D eigenvalue weighted by molar-refractivity contribution is -0.773. The number of hydrogen-bond donors (Lipinski definition) is 3. The average molecular weight is 299 g/mol. The first kappa shape index (κ1) is 15.5. The highest BCUT2D eigenvalue weighted by Crippen LogP contribution is 2.18. The number of aliphatic imine (C=N–C) groups is 1. The predicted octanol–water partition coefficient (Wildman–Crippen LogP) is -1.63. The molecule has 1 saturated heterocycles. The molecule has 2 unspecified atom stereocenters. The number of hydrogen-bond acceptors (Lipinski definition) is 8. The van der Waals surface area contributed by atoms with Crippen molar-refractivity contribution >= 4 is 11.9 Å². The minimum absolute atomic E-state index is 0.0488. The number of ether oxygens (including phenoxy) is 1. The van der Waals surface area contributed by atoms with Crippen molar-refractivity contribution in [1.29, 1.82) is 0 Å². The standard InChI is InChI=1S/C12H21N5O4/c1-4-8-5-15-7-17(20)10(18)9(11(19)21-3)14-12(15)16(6-8)13-2/h8,13,17,19H,4-7H2,1-3H3. The fraction of sp³-hybridized carbons (Fsp3) is 0.667. The molecular weight excluding hydrogens is 278 g/mol. The lowest BCUT2D eigenvalue weighted by atomic mass is 10.0. The van der Waals surface area contributed by atoms with E-state index < -0.39 is 16.9 Å². The number of carbonyl (C=O) groups is 1. The van der Waals surface area contributed by atoms with E-state index in [1.165, 1.54) is 7.11 Å². The van der Waals surface area contributed by atoms with E-state index in [-0.39, 0.29) is 12.4 Å². The summed E-state index contributed by atoms with van der Waals surface area (Å²) in [6.45, 7) is 3.39. The molecule has 118 valence electrons.